The molecule has 0 unspecified atom stereocenters. The van der Waals surface area contributed by atoms with Gasteiger partial charge in [0.1, 0.15) is 5.78 Å². The van der Waals surface area contributed by atoms with Crippen LogP contribution in [0.2, 0.25) is 0 Å². The molecule has 1 aliphatic heterocycles. The van der Waals surface area contributed by atoms with Gasteiger partial charge < -0.3 is 5.11 Å². The standard InChI is InChI=1S/C9H17NO2/c1-6(2)10-5-8(12)4-9(10)7(3)11/h6,8-9,12H,4-5H2,1-3H3/t8-,9+/m1/s1. The summed E-state index contributed by atoms with van der Waals surface area (Å²) in [6.07, 6.45) is 0.286. The lowest BCUT2D eigenvalue weighted by Gasteiger charge is -2.25. The number of carbonyl (C=O) groups excluding carboxylic acids is 1. The molecule has 70 valence electrons. The third kappa shape index (κ3) is 1.84. The lowest BCUT2D eigenvalue weighted by molar-refractivity contribution is -0.121. The van der Waals surface area contributed by atoms with Crippen LogP contribution in [-0.2, 0) is 4.79 Å². The number of aliphatic hydroxyl groups is 1. The van der Waals surface area contributed by atoms with Crippen molar-refractivity contribution in [2.24, 2.45) is 0 Å². The minimum atomic E-state index is -0.318. The SMILES string of the molecule is CC(=O)[C@@H]1C[C@@H](O)CN1C(C)C. The number of hydrogen-bond acceptors (Lipinski definition) is 3. The zero-order chi connectivity index (χ0) is 9.30. The second-order valence-corrected chi connectivity index (χ2v) is 3.81. The van der Waals surface area contributed by atoms with Crippen LogP contribution in [0, 0.1) is 0 Å². The molecule has 0 radical (unpaired) electrons. The van der Waals surface area contributed by atoms with Crippen LogP contribution >= 0.6 is 0 Å². The molecule has 2 atom stereocenters. The van der Waals surface area contributed by atoms with Gasteiger partial charge in [0.15, 0.2) is 0 Å². The summed E-state index contributed by atoms with van der Waals surface area (Å²) in [6.45, 7) is 6.34. The Morgan fingerprint density at radius 3 is 2.50 bits per heavy atom. The summed E-state index contributed by atoms with van der Waals surface area (Å²) in [6, 6.07) is 0.288. The monoisotopic (exact) mass is 171 g/mol. The van der Waals surface area contributed by atoms with Crippen molar-refractivity contribution in [2.45, 2.75) is 45.4 Å². The molecule has 1 aliphatic rings. The van der Waals surface area contributed by atoms with Crippen LogP contribution in [0.25, 0.3) is 0 Å². The van der Waals surface area contributed by atoms with Crippen molar-refractivity contribution in [1.82, 2.24) is 4.90 Å². The highest BCUT2D eigenvalue weighted by atomic mass is 16.3. The van der Waals surface area contributed by atoms with E-state index in [4.69, 9.17) is 0 Å². The van der Waals surface area contributed by atoms with Crippen molar-refractivity contribution in [3.05, 3.63) is 0 Å². The third-order valence-electron chi connectivity index (χ3n) is 2.45. The fourth-order valence-electron chi connectivity index (χ4n) is 1.81. The van der Waals surface area contributed by atoms with Crippen LogP contribution in [0.5, 0.6) is 0 Å². The molecule has 0 spiro atoms. The Labute approximate surface area is 73.4 Å². The number of likely N-dealkylation sites (tertiary alicyclic amines) is 1. The minimum absolute atomic E-state index is 0.0556. The number of nitrogens with zero attached hydrogens (tertiary/aromatic N) is 1. The van der Waals surface area contributed by atoms with Crippen molar-refractivity contribution in [3.63, 3.8) is 0 Å². The second-order valence-electron chi connectivity index (χ2n) is 3.81. The van der Waals surface area contributed by atoms with Crippen molar-refractivity contribution < 1.29 is 9.90 Å². The van der Waals surface area contributed by atoms with E-state index in [1.54, 1.807) is 6.92 Å². The summed E-state index contributed by atoms with van der Waals surface area (Å²) in [5.74, 6) is 0.167. The molecule has 0 aliphatic carbocycles. The Bertz CT molecular complexity index is 179. The van der Waals surface area contributed by atoms with Crippen molar-refractivity contribution in [1.29, 1.82) is 0 Å². The number of β-amino-alcohol motifs (C(OH)–C–C–N with tert-alkyl or cyclic N) is 1. The maximum Gasteiger partial charge on any atom is 0.147 e. The van der Waals surface area contributed by atoms with Crippen LogP contribution in [0.15, 0.2) is 0 Å². The van der Waals surface area contributed by atoms with E-state index in [1.165, 1.54) is 0 Å². The molecule has 1 rings (SSSR count). The van der Waals surface area contributed by atoms with Gasteiger partial charge in [0, 0.05) is 12.6 Å². The summed E-state index contributed by atoms with van der Waals surface area (Å²) in [4.78, 5) is 13.2. The van der Waals surface area contributed by atoms with E-state index in [9.17, 15) is 9.90 Å². The molecule has 1 fully saturated rings. The molecule has 0 bridgehead atoms. The first-order valence-electron chi connectivity index (χ1n) is 4.46. The molecule has 1 N–H and O–H groups in total. The molecule has 0 aromatic rings. The van der Waals surface area contributed by atoms with Gasteiger partial charge in [-0.3, -0.25) is 9.69 Å². The van der Waals surface area contributed by atoms with Crippen molar-refractivity contribution >= 4 is 5.78 Å². The highest BCUT2D eigenvalue weighted by Crippen LogP contribution is 2.20. The molecular weight excluding hydrogens is 154 g/mol. The Kier molecular flexibility index (Phi) is 2.85. The van der Waals surface area contributed by atoms with E-state index >= 15 is 0 Å². The van der Waals surface area contributed by atoms with Gasteiger partial charge in [-0.05, 0) is 27.2 Å². The first-order valence-corrected chi connectivity index (χ1v) is 4.46. The van der Waals surface area contributed by atoms with Crippen molar-refractivity contribution in [2.75, 3.05) is 6.54 Å². The number of Topliss-reactive ketones (excluding diaryl/α,β-unsaturated/α-hetero) is 1. The Morgan fingerprint density at radius 2 is 2.17 bits per heavy atom. The number of ketones is 1. The molecular formula is C9H17NO2. The number of carbonyl (C=O) groups is 1. The fourth-order valence-corrected chi connectivity index (χ4v) is 1.81. The highest BCUT2D eigenvalue weighted by Gasteiger charge is 2.34. The molecule has 1 saturated heterocycles. The van der Waals surface area contributed by atoms with E-state index in [0.29, 0.717) is 19.0 Å². The van der Waals surface area contributed by atoms with Gasteiger partial charge in [0.25, 0.3) is 0 Å². The Hall–Kier alpha value is -0.410. The van der Waals surface area contributed by atoms with Crippen LogP contribution in [0.3, 0.4) is 0 Å². The second kappa shape index (κ2) is 3.54. The van der Waals surface area contributed by atoms with Crippen LogP contribution in [0.4, 0.5) is 0 Å². The summed E-state index contributed by atoms with van der Waals surface area (Å²) < 4.78 is 0. The Morgan fingerprint density at radius 1 is 1.58 bits per heavy atom. The van der Waals surface area contributed by atoms with Crippen LogP contribution in [-0.4, -0.2) is 40.5 Å². The predicted octanol–water partition coefficient (Wildman–Crippen LogP) is 0.419. The summed E-state index contributed by atoms with van der Waals surface area (Å²) in [5, 5.41) is 9.37. The normalized spacial score (nSPS) is 31.4. The average molecular weight is 171 g/mol. The fraction of sp³-hybridized carbons (Fsp3) is 0.889. The average Bonchev–Trinajstić information content (AvgIpc) is 2.31. The number of rotatable bonds is 2. The summed E-state index contributed by atoms with van der Waals surface area (Å²) in [7, 11) is 0. The van der Waals surface area contributed by atoms with Gasteiger partial charge in [-0.2, -0.15) is 0 Å². The lowest BCUT2D eigenvalue weighted by Crippen LogP contribution is -2.39. The van der Waals surface area contributed by atoms with Gasteiger partial charge in [0.05, 0.1) is 12.1 Å². The molecule has 12 heavy (non-hydrogen) atoms. The third-order valence-corrected chi connectivity index (χ3v) is 2.45. The quantitative estimate of drug-likeness (QED) is 0.654. The Balaban J connectivity index is 2.65. The zero-order valence-corrected chi connectivity index (χ0v) is 7.95. The smallest absolute Gasteiger partial charge is 0.147 e. The van der Waals surface area contributed by atoms with Crippen molar-refractivity contribution in [3.8, 4) is 0 Å². The van der Waals surface area contributed by atoms with E-state index in [1.807, 2.05) is 13.8 Å². The predicted molar refractivity (Wildman–Crippen MR) is 46.9 cm³/mol. The van der Waals surface area contributed by atoms with Gasteiger partial charge in [0.2, 0.25) is 0 Å². The molecule has 3 nitrogen and oxygen atoms in total. The minimum Gasteiger partial charge on any atom is -0.392 e. The van der Waals surface area contributed by atoms with Gasteiger partial charge in [-0.1, -0.05) is 0 Å². The molecule has 3 heteroatoms. The van der Waals surface area contributed by atoms with E-state index in [2.05, 4.69) is 4.90 Å². The molecule has 0 saturated carbocycles. The topological polar surface area (TPSA) is 40.5 Å². The summed E-state index contributed by atoms with van der Waals surface area (Å²) >= 11 is 0. The van der Waals surface area contributed by atoms with Crippen LogP contribution < -0.4 is 0 Å². The summed E-state index contributed by atoms with van der Waals surface area (Å²) in [5.41, 5.74) is 0. The molecule has 1 heterocycles. The number of hydrogen-bond donors (Lipinski definition) is 1. The molecule has 0 aromatic carbocycles. The molecule has 0 aromatic heterocycles. The first kappa shape index (κ1) is 9.68. The first-order chi connectivity index (χ1) is 5.52. The van der Waals surface area contributed by atoms with E-state index in [0.717, 1.165) is 0 Å². The van der Waals surface area contributed by atoms with Gasteiger partial charge >= 0.3 is 0 Å². The van der Waals surface area contributed by atoms with E-state index in [-0.39, 0.29) is 17.9 Å². The van der Waals surface area contributed by atoms with Gasteiger partial charge in [-0.15, -0.1) is 0 Å². The lowest BCUT2D eigenvalue weighted by atomic mass is 10.1. The molecule has 0 amide bonds. The highest BCUT2D eigenvalue weighted by molar-refractivity contribution is 5.81. The number of aliphatic hydroxyl groups excluding tert-OH is 1. The van der Waals surface area contributed by atoms with E-state index < -0.39 is 0 Å². The van der Waals surface area contributed by atoms with Gasteiger partial charge in [-0.25, -0.2) is 0 Å². The largest absolute Gasteiger partial charge is 0.392 e. The van der Waals surface area contributed by atoms with Crippen LogP contribution in [0.1, 0.15) is 27.2 Å². The maximum atomic E-state index is 11.2. The maximum absolute atomic E-state index is 11.2. The zero-order valence-electron chi connectivity index (χ0n) is 7.95.